The van der Waals surface area contributed by atoms with Gasteiger partial charge in [-0.15, -0.1) is 0 Å². The van der Waals surface area contributed by atoms with Crippen LogP contribution in [0.2, 0.25) is 0 Å². The van der Waals surface area contributed by atoms with Crippen LogP contribution in [0.15, 0.2) is 18.2 Å². The lowest BCUT2D eigenvalue weighted by atomic mass is 9.93. The van der Waals surface area contributed by atoms with Gasteiger partial charge in [-0.3, -0.25) is 4.79 Å². The summed E-state index contributed by atoms with van der Waals surface area (Å²) in [6.07, 6.45) is 2.23. The molecule has 0 spiro atoms. The van der Waals surface area contributed by atoms with Gasteiger partial charge in [0, 0.05) is 0 Å². The van der Waals surface area contributed by atoms with Crippen LogP contribution in [-0.4, -0.2) is 20.2 Å². The molecule has 0 N–H and O–H groups in total. The topological polar surface area (TPSA) is 35.5 Å². The van der Waals surface area contributed by atoms with Crippen LogP contribution in [-0.2, 0) is 9.53 Å². The van der Waals surface area contributed by atoms with E-state index >= 15 is 0 Å². The van der Waals surface area contributed by atoms with Crippen LogP contribution in [0.25, 0.3) is 0 Å². The molecule has 0 aliphatic heterocycles. The monoisotopic (exact) mass is 234 g/mol. The first-order valence-electron chi connectivity index (χ1n) is 5.89. The number of rotatable bonds is 4. The Morgan fingerprint density at radius 2 is 2.06 bits per heavy atom. The fraction of sp³-hybridized carbons (Fsp3) is 0.500. The standard InChI is InChI=1S/C14H18O3/c1-9-8-11(6-7-12(9)16-2)13(10-4-5-10)14(15)17-3/h6-8,10,13H,4-5H2,1-3H3. The van der Waals surface area contributed by atoms with Crippen molar-refractivity contribution in [3.8, 4) is 5.75 Å². The Kier molecular flexibility index (Phi) is 3.36. The zero-order valence-corrected chi connectivity index (χ0v) is 10.5. The third kappa shape index (κ3) is 2.43. The molecule has 3 heteroatoms. The first-order chi connectivity index (χ1) is 8.17. The second kappa shape index (κ2) is 4.78. The Labute approximate surface area is 102 Å². The Bertz CT molecular complexity index is 421. The molecule has 0 saturated heterocycles. The highest BCUT2D eigenvalue weighted by Gasteiger charge is 2.38. The first kappa shape index (κ1) is 12.0. The summed E-state index contributed by atoms with van der Waals surface area (Å²) in [5, 5.41) is 0. The molecule has 1 aliphatic rings. The van der Waals surface area contributed by atoms with Crippen LogP contribution in [0, 0.1) is 12.8 Å². The summed E-state index contributed by atoms with van der Waals surface area (Å²) >= 11 is 0. The Morgan fingerprint density at radius 3 is 2.53 bits per heavy atom. The van der Waals surface area contributed by atoms with Gasteiger partial charge in [-0.2, -0.15) is 0 Å². The summed E-state index contributed by atoms with van der Waals surface area (Å²) in [6, 6.07) is 5.91. The van der Waals surface area contributed by atoms with Gasteiger partial charge in [0.2, 0.25) is 0 Å². The average molecular weight is 234 g/mol. The highest BCUT2D eigenvalue weighted by atomic mass is 16.5. The molecule has 1 fully saturated rings. The fourth-order valence-corrected chi connectivity index (χ4v) is 2.25. The van der Waals surface area contributed by atoms with Crippen molar-refractivity contribution < 1.29 is 14.3 Å². The minimum absolute atomic E-state index is 0.107. The zero-order valence-electron chi connectivity index (χ0n) is 10.5. The summed E-state index contributed by atoms with van der Waals surface area (Å²) in [5.74, 6) is 1.07. The van der Waals surface area contributed by atoms with Crippen LogP contribution in [0.3, 0.4) is 0 Å². The SMILES string of the molecule is COC(=O)C(c1ccc(OC)c(C)c1)C1CC1. The fourth-order valence-electron chi connectivity index (χ4n) is 2.25. The maximum absolute atomic E-state index is 11.8. The van der Waals surface area contributed by atoms with E-state index in [1.807, 2.05) is 25.1 Å². The van der Waals surface area contributed by atoms with Crippen molar-refractivity contribution >= 4 is 5.97 Å². The minimum Gasteiger partial charge on any atom is -0.496 e. The molecule has 1 unspecified atom stereocenters. The molecule has 0 amide bonds. The van der Waals surface area contributed by atoms with Crippen molar-refractivity contribution in [3.63, 3.8) is 0 Å². The van der Waals surface area contributed by atoms with E-state index < -0.39 is 0 Å². The molecule has 1 atom stereocenters. The molecule has 2 rings (SSSR count). The van der Waals surface area contributed by atoms with E-state index in [1.54, 1.807) is 7.11 Å². The number of benzene rings is 1. The van der Waals surface area contributed by atoms with Crippen molar-refractivity contribution in [1.29, 1.82) is 0 Å². The van der Waals surface area contributed by atoms with Gasteiger partial charge in [0.15, 0.2) is 0 Å². The van der Waals surface area contributed by atoms with Gasteiger partial charge in [0.25, 0.3) is 0 Å². The summed E-state index contributed by atoms with van der Waals surface area (Å²) < 4.78 is 10.1. The van der Waals surface area contributed by atoms with Gasteiger partial charge in [-0.1, -0.05) is 12.1 Å². The van der Waals surface area contributed by atoms with Crippen molar-refractivity contribution in [3.05, 3.63) is 29.3 Å². The molecule has 17 heavy (non-hydrogen) atoms. The predicted octanol–water partition coefficient (Wildman–Crippen LogP) is 2.67. The Hall–Kier alpha value is -1.51. The molecule has 92 valence electrons. The maximum Gasteiger partial charge on any atom is 0.313 e. The van der Waals surface area contributed by atoms with E-state index in [0.717, 1.165) is 29.7 Å². The van der Waals surface area contributed by atoms with Gasteiger partial charge in [0.1, 0.15) is 5.75 Å². The van der Waals surface area contributed by atoms with Gasteiger partial charge < -0.3 is 9.47 Å². The van der Waals surface area contributed by atoms with Crippen LogP contribution >= 0.6 is 0 Å². The number of hydrogen-bond acceptors (Lipinski definition) is 3. The molecular formula is C14H18O3. The summed E-state index contributed by atoms with van der Waals surface area (Å²) in [6.45, 7) is 1.99. The molecule has 0 heterocycles. The first-order valence-corrected chi connectivity index (χ1v) is 5.89. The molecule has 1 aromatic carbocycles. The molecular weight excluding hydrogens is 216 g/mol. The Balaban J connectivity index is 2.30. The van der Waals surface area contributed by atoms with Crippen molar-refractivity contribution in [1.82, 2.24) is 0 Å². The van der Waals surface area contributed by atoms with Gasteiger partial charge in [0.05, 0.1) is 20.1 Å². The van der Waals surface area contributed by atoms with Crippen LogP contribution in [0.1, 0.15) is 29.9 Å². The number of esters is 1. The molecule has 3 nitrogen and oxygen atoms in total. The highest BCUT2D eigenvalue weighted by Crippen LogP contribution is 2.43. The summed E-state index contributed by atoms with van der Waals surface area (Å²) in [4.78, 5) is 11.8. The lowest BCUT2D eigenvalue weighted by molar-refractivity contribution is -0.143. The van der Waals surface area contributed by atoms with Crippen molar-refractivity contribution in [2.75, 3.05) is 14.2 Å². The Morgan fingerprint density at radius 1 is 1.35 bits per heavy atom. The number of carbonyl (C=O) groups is 1. The van der Waals surface area contributed by atoms with E-state index in [9.17, 15) is 4.79 Å². The van der Waals surface area contributed by atoms with E-state index in [2.05, 4.69) is 0 Å². The average Bonchev–Trinajstić information content (AvgIpc) is 3.14. The number of aryl methyl sites for hydroxylation is 1. The molecule has 0 aromatic heterocycles. The van der Waals surface area contributed by atoms with E-state index in [4.69, 9.17) is 9.47 Å². The van der Waals surface area contributed by atoms with Gasteiger partial charge >= 0.3 is 5.97 Å². The molecule has 1 aliphatic carbocycles. The van der Waals surface area contributed by atoms with E-state index in [1.165, 1.54) is 7.11 Å². The van der Waals surface area contributed by atoms with E-state index in [0.29, 0.717) is 5.92 Å². The number of carbonyl (C=O) groups excluding carboxylic acids is 1. The second-order valence-corrected chi connectivity index (χ2v) is 4.57. The molecule has 1 aromatic rings. The molecule has 1 saturated carbocycles. The quantitative estimate of drug-likeness (QED) is 0.751. The maximum atomic E-state index is 11.8. The minimum atomic E-state index is -0.128. The van der Waals surface area contributed by atoms with Crippen molar-refractivity contribution in [2.45, 2.75) is 25.7 Å². The van der Waals surface area contributed by atoms with Crippen LogP contribution in [0.5, 0.6) is 5.75 Å². The lowest BCUT2D eigenvalue weighted by Gasteiger charge is -2.15. The molecule has 0 bridgehead atoms. The van der Waals surface area contributed by atoms with E-state index in [-0.39, 0.29) is 11.9 Å². The number of methoxy groups -OCH3 is 2. The third-order valence-electron chi connectivity index (χ3n) is 3.33. The summed E-state index contributed by atoms with van der Waals surface area (Å²) in [7, 11) is 3.11. The highest BCUT2D eigenvalue weighted by molar-refractivity contribution is 5.79. The summed E-state index contributed by atoms with van der Waals surface area (Å²) in [5.41, 5.74) is 2.09. The van der Waals surface area contributed by atoms with Crippen LogP contribution in [0.4, 0.5) is 0 Å². The molecule has 0 radical (unpaired) electrons. The predicted molar refractivity (Wildman–Crippen MR) is 65.2 cm³/mol. The number of hydrogen-bond donors (Lipinski definition) is 0. The largest absolute Gasteiger partial charge is 0.496 e. The second-order valence-electron chi connectivity index (χ2n) is 4.57. The third-order valence-corrected chi connectivity index (χ3v) is 3.33. The van der Waals surface area contributed by atoms with Crippen molar-refractivity contribution in [2.24, 2.45) is 5.92 Å². The smallest absolute Gasteiger partial charge is 0.313 e. The normalized spacial score (nSPS) is 16.4. The number of ether oxygens (including phenoxy) is 2. The zero-order chi connectivity index (χ0) is 12.4. The van der Waals surface area contributed by atoms with Gasteiger partial charge in [-0.25, -0.2) is 0 Å². The van der Waals surface area contributed by atoms with Crippen LogP contribution < -0.4 is 4.74 Å². The van der Waals surface area contributed by atoms with Gasteiger partial charge in [-0.05, 0) is 42.9 Å². The lowest BCUT2D eigenvalue weighted by Crippen LogP contribution is -2.16.